The first-order chi connectivity index (χ1) is 6.62. The Kier molecular flexibility index (Phi) is 12.7. The number of halogens is 1. The van der Waals surface area contributed by atoms with Gasteiger partial charge in [-0.1, -0.05) is 33.6 Å². The maximum absolute atomic E-state index is 13.1. The lowest BCUT2D eigenvalue weighted by molar-refractivity contribution is 0.0295. The normalized spacial score (nSPS) is 14.1. The second kappa shape index (κ2) is 10.9. The zero-order chi connectivity index (χ0) is 11.4. The van der Waals surface area contributed by atoms with Crippen LogP contribution in [0.2, 0.25) is 0 Å². The molecule has 0 heterocycles. The van der Waals surface area contributed by atoms with Crippen molar-refractivity contribution in [1.82, 2.24) is 0 Å². The summed E-state index contributed by atoms with van der Waals surface area (Å²) in [6.45, 7) is 8.38. The van der Waals surface area contributed by atoms with Gasteiger partial charge in [0.2, 0.25) is 0 Å². The van der Waals surface area contributed by atoms with Gasteiger partial charge >= 0.3 is 0 Å². The van der Waals surface area contributed by atoms with Gasteiger partial charge in [0.05, 0.1) is 6.61 Å². The van der Waals surface area contributed by atoms with E-state index in [0.29, 0.717) is 6.61 Å². The largest absolute Gasteiger partial charge is 0.378 e. The Hall–Kier alpha value is -0.150. The lowest BCUT2D eigenvalue weighted by atomic mass is 10.1. The topological polar surface area (TPSA) is 35.2 Å². The summed E-state index contributed by atoms with van der Waals surface area (Å²) in [7, 11) is 0. The maximum atomic E-state index is 13.1. The first-order valence-corrected chi connectivity index (χ1v) is 5.59. The average Bonchev–Trinajstić information content (AvgIpc) is 2.21. The molecule has 0 amide bonds. The fourth-order valence-electron chi connectivity index (χ4n) is 0.798. The van der Waals surface area contributed by atoms with Crippen LogP contribution < -0.4 is 5.73 Å². The van der Waals surface area contributed by atoms with Gasteiger partial charge < -0.3 is 10.5 Å². The third-order valence-electron chi connectivity index (χ3n) is 1.72. The molecule has 0 saturated carbocycles. The first-order valence-electron chi connectivity index (χ1n) is 5.59. The SMILES string of the molecule is CC.CCCCCOCC(C)(F)CN. The van der Waals surface area contributed by atoms with Crippen LogP contribution in [0, 0.1) is 0 Å². The fourth-order valence-corrected chi connectivity index (χ4v) is 0.798. The summed E-state index contributed by atoms with van der Waals surface area (Å²) in [5.74, 6) is 0. The van der Waals surface area contributed by atoms with E-state index in [1.54, 1.807) is 0 Å². The van der Waals surface area contributed by atoms with Crippen LogP contribution in [0.4, 0.5) is 4.39 Å². The molecule has 14 heavy (non-hydrogen) atoms. The van der Waals surface area contributed by atoms with Crippen LogP contribution in [0.1, 0.15) is 47.0 Å². The minimum absolute atomic E-state index is 0.0285. The molecule has 0 aromatic heterocycles. The third kappa shape index (κ3) is 11.8. The van der Waals surface area contributed by atoms with E-state index in [1.807, 2.05) is 13.8 Å². The van der Waals surface area contributed by atoms with Crippen LogP contribution in [0.5, 0.6) is 0 Å². The lowest BCUT2D eigenvalue weighted by Gasteiger charge is -2.17. The predicted octanol–water partition coefficient (Wildman–Crippen LogP) is 2.91. The molecular weight excluding hydrogens is 181 g/mol. The van der Waals surface area contributed by atoms with Crippen molar-refractivity contribution in [3.63, 3.8) is 0 Å². The van der Waals surface area contributed by atoms with Gasteiger partial charge in [-0.15, -0.1) is 0 Å². The van der Waals surface area contributed by atoms with Crippen molar-refractivity contribution in [2.75, 3.05) is 19.8 Å². The van der Waals surface area contributed by atoms with E-state index in [9.17, 15) is 4.39 Å². The Balaban J connectivity index is 0. The minimum Gasteiger partial charge on any atom is -0.378 e. The van der Waals surface area contributed by atoms with Gasteiger partial charge in [-0.25, -0.2) is 4.39 Å². The van der Waals surface area contributed by atoms with Crippen LogP contribution in [0.15, 0.2) is 0 Å². The molecule has 0 spiro atoms. The number of alkyl halides is 1. The summed E-state index contributed by atoms with van der Waals surface area (Å²) in [4.78, 5) is 0. The van der Waals surface area contributed by atoms with Gasteiger partial charge in [-0.2, -0.15) is 0 Å². The van der Waals surface area contributed by atoms with Crippen molar-refractivity contribution in [3.8, 4) is 0 Å². The highest BCUT2D eigenvalue weighted by Gasteiger charge is 2.20. The fraction of sp³-hybridized carbons (Fsp3) is 1.00. The van der Waals surface area contributed by atoms with Crippen molar-refractivity contribution in [1.29, 1.82) is 0 Å². The molecule has 0 aromatic carbocycles. The molecule has 1 unspecified atom stereocenters. The molecule has 0 aliphatic heterocycles. The third-order valence-corrected chi connectivity index (χ3v) is 1.72. The molecule has 1 atom stereocenters. The molecule has 0 aliphatic carbocycles. The Bertz CT molecular complexity index is 107. The van der Waals surface area contributed by atoms with E-state index in [1.165, 1.54) is 6.92 Å². The van der Waals surface area contributed by atoms with E-state index in [0.717, 1.165) is 19.3 Å². The molecule has 0 saturated heterocycles. The van der Waals surface area contributed by atoms with Gasteiger partial charge in [0.15, 0.2) is 0 Å². The molecule has 0 radical (unpaired) electrons. The minimum atomic E-state index is -1.35. The zero-order valence-electron chi connectivity index (χ0n) is 10.1. The second-order valence-electron chi connectivity index (χ2n) is 3.38. The molecule has 0 aliphatic rings. The monoisotopic (exact) mass is 207 g/mol. The highest BCUT2D eigenvalue weighted by Crippen LogP contribution is 2.08. The van der Waals surface area contributed by atoms with Crippen molar-refractivity contribution in [3.05, 3.63) is 0 Å². The smallest absolute Gasteiger partial charge is 0.143 e. The van der Waals surface area contributed by atoms with E-state index in [4.69, 9.17) is 10.5 Å². The molecule has 88 valence electrons. The summed E-state index contributed by atoms with van der Waals surface area (Å²) in [6, 6.07) is 0. The number of nitrogens with two attached hydrogens (primary N) is 1. The highest BCUT2D eigenvalue weighted by molar-refractivity contribution is 4.72. The van der Waals surface area contributed by atoms with Crippen LogP contribution in [-0.4, -0.2) is 25.4 Å². The molecule has 0 rings (SSSR count). The summed E-state index contributed by atoms with van der Waals surface area (Å²) in [5.41, 5.74) is 3.84. The molecule has 2 nitrogen and oxygen atoms in total. The molecule has 0 bridgehead atoms. The Labute approximate surface area is 88.0 Å². The molecule has 0 aromatic rings. The molecule has 2 N–H and O–H groups in total. The van der Waals surface area contributed by atoms with E-state index >= 15 is 0 Å². The van der Waals surface area contributed by atoms with Gasteiger partial charge in [-0.3, -0.25) is 0 Å². The number of unbranched alkanes of at least 4 members (excludes halogenated alkanes) is 2. The Morgan fingerprint density at radius 2 is 1.86 bits per heavy atom. The van der Waals surface area contributed by atoms with Crippen molar-refractivity contribution >= 4 is 0 Å². The second-order valence-corrected chi connectivity index (χ2v) is 3.38. The van der Waals surface area contributed by atoms with E-state index < -0.39 is 5.67 Å². The van der Waals surface area contributed by atoms with Crippen LogP contribution in [0.3, 0.4) is 0 Å². The van der Waals surface area contributed by atoms with Gasteiger partial charge in [0, 0.05) is 13.2 Å². The highest BCUT2D eigenvalue weighted by atomic mass is 19.1. The van der Waals surface area contributed by atoms with Crippen molar-refractivity contribution < 1.29 is 9.13 Å². The van der Waals surface area contributed by atoms with Crippen molar-refractivity contribution in [2.45, 2.75) is 52.6 Å². The zero-order valence-corrected chi connectivity index (χ0v) is 10.1. The molecule has 0 fully saturated rings. The van der Waals surface area contributed by atoms with Crippen LogP contribution in [-0.2, 0) is 4.74 Å². The summed E-state index contributed by atoms with van der Waals surface area (Å²) < 4.78 is 18.2. The van der Waals surface area contributed by atoms with Gasteiger partial charge in [-0.05, 0) is 13.3 Å². The van der Waals surface area contributed by atoms with E-state index in [2.05, 4.69) is 6.92 Å². The number of hydrogen-bond donors (Lipinski definition) is 1. The van der Waals surface area contributed by atoms with E-state index in [-0.39, 0.29) is 13.2 Å². The predicted molar refractivity (Wildman–Crippen MR) is 60.3 cm³/mol. The van der Waals surface area contributed by atoms with Crippen LogP contribution in [0.25, 0.3) is 0 Å². The Morgan fingerprint density at radius 3 is 2.29 bits per heavy atom. The van der Waals surface area contributed by atoms with Gasteiger partial charge in [0.1, 0.15) is 5.67 Å². The Morgan fingerprint density at radius 1 is 1.29 bits per heavy atom. The van der Waals surface area contributed by atoms with Gasteiger partial charge in [0.25, 0.3) is 0 Å². The summed E-state index contributed by atoms with van der Waals surface area (Å²) in [5, 5.41) is 0. The average molecular weight is 207 g/mol. The number of ether oxygens (including phenoxy) is 1. The quantitative estimate of drug-likeness (QED) is 0.651. The standard InChI is InChI=1S/C9H20FNO.C2H6/c1-3-4-5-6-12-8-9(2,10)7-11;1-2/h3-8,11H2,1-2H3;1-2H3. The summed E-state index contributed by atoms with van der Waals surface area (Å²) in [6.07, 6.45) is 3.32. The number of rotatable bonds is 7. The van der Waals surface area contributed by atoms with Crippen molar-refractivity contribution in [2.24, 2.45) is 5.73 Å². The van der Waals surface area contributed by atoms with Crippen LogP contribution >= 0.6 is 0 Å². The summed E-state index contributed by atoms with van der Waals surface area (Å²) >= 11 is 0. The molecular formula is C11H26FNO. The lowest BCUT2D eigenvalue weighted by Crippen LogP contribution is -2.34. The maximum Gasteiger partial charge on any atom is 0.143 e. The molecule has 3 heteroatoms. The first kappa shape index (κ1) is 16.3. The number of hydrogen-bond acceptors (Lipinski definition) is 2.